The molecule has 2 heteroatoms. The molecule has 0 unspecified atom stereocenters. The van der Waals surface area contributed by atoms with Crippen molar-refractivity contribution in [3.05, 3.63) is 29.1 Å². The third-order valence-electron chi connectivity index (χ3n) is 2.90. The van der Waals surface area contributed by atoms with Gasteiger partial charge in [-0.3, -0.25) is 4.98 Å². The first-order valence-electron chi connectivity index (χ1n) is 5.51. The molecule has 1 saturated heterocycles. The van der Waals surface area contributed by atoms with Gasteiger partial charge in [0.2, 0.25) is 0 Å². The number of quaternary nitrogens is 1. The molecule has 1 fully saturated rings. The normalized spacial score (nSPS) is 21.4. The lowest BCUT2D eigenvalue weighted by Gasteiger charge is -2.07. The molecule has 1 atom stereocenters. The van der Waals surface area contributed by atoms with Gasteiger partial charge in [-0.2, -0.15) is 0 Å². The van der Waals surface area contributed by atoms with Crippen molar-refractivity contribution in [2.75, 3.05) is 6.54 Å². The van der Waals surface area contributed by atoms with Gasteiger partial charge in [0, 0.05) is 30.7 Å². The monoisotopic (exact) mass is 191 g/mol. The van der Waals surface area contributed by atoms with Gasteiger partial charge < -0.3 is 5.32 Å². The van der Waals surface area contributed by atoms with Crippen LogP contribution in [0.4, 0.5) is 0 Å². The molecule has 2 rings (SSSR count). The summed E-state index contributed by atoms with van der Waals surface area (Å²) in [4.78, 5) is 4.58. The second-order valence-corrected chi connectivity index (χ2v) is 4.41. The zero-order valence-electron chi connectivity index (χ0n) is 9.09. The highest BCUT2D eigenvalue weighted by Crippen LogP contribution is 2.09. The molecule has 0 spiro atoms. The Labute approximate surface area is 85.7 Å². The van der Waals surface area contributed by atoms with E-state index in [-0.39, 0.29) is 0 Å². The number of aromatic nitrogens is 1. The molecule has 1 aromatic rings. The average molecular weight is 191 g/mol. The van der Waals surface area contributed by atoms with Gasteiger partial charge in [-0.15, -0.1) is 0 Å². The van der Waals surface area contributed by atoms with Crippen molar-refractivity contribution < 1.29 is 5.32 Å². The molecule has 1 aliphatic heterocycles. The van der Waals surface area contributed by atoms with Gasteiger partial charge in [-0.1, -0.05) is 0 Å². The van der Waals surface area contributed by atoms with Crippen molar-refractivity contribution in [3.8, 4) is 0 Å². The summed E-state index contributed by atoms with van der Waals surface area (Å²) in [5, 5.41) is 2.46. The molecule has 14 heavy (non-hydrogen) atoms. The van der Waals surface area contributed by atoms with Crippen LogP contribution < -0.4 is 5.32 Å². The van der Waals surface area contributed by atoms with Crippen molar-refractivity contribution in [2.24, 2.45) is 0 Å². The van der Waals surface area contributed by atoms with Crippen LogP contribution in [-0.4, -0.2) is 17.6 Å². The molecule has 2 nitrogen and oxygen atoms in total. The van der Waals surface area contributed by atoms with Gasteiger partial charge in [0.15, 0.2) is 0 Å². The Morgan fingerprint density at radius 3 is 2.93 bits per heavy atom. The zero-order valence-corrected chi connectivity index (χ0v) is 9.09. The molecule has 0 radical (unpaired) electrons. The molecule has 0 saturated carbocycles. The van der Waals surface area contributed by atoms with Crippen molar-refractivity contribution in [3.63, 3.8) is 0 Å². The molecule has 0 bridgehead atoms. The highest BCUT2D eigenvalue weighted by molar-refractivity contribution is 5.19. The summed E-state index contributed by atoms with van der Waals surface area (Å²) in [5.74, 6) is 0. The number of nitrogens with two attached hydrogens (primary N) is 1. The van der Waals surface area contributed by atoms with E-state index < -0.39 is 0 Å². The third kappa shape index (κ3) is 2.32. The van der Waals surface area contributed by atoms with E-state index in [0.29, 0.717) is 0 Å². The fourth-order valence-electron chi connectivity index (χ4n) is 2.34. The summed E-state index contributed by atoms with van der Waals surface area (Å²) in [7, 11) is 0. The second-order valence-electron chi connectivity index (χ2n) is 4.41. The highest BCUT2D eigenvalue weighted by atomic mass is 14.9. The van der Waals surface area contributed by atoms with E-state index in [2.05, 4.69) is 36.3 Å². The first kappa shape index (κ1) is 9.66. The maximum Gasteiger partial charge on any atom is 0.0917 e. The fourth-order valence-corrected chi connectivity index (χ4v) is 2.34. The summed E-state index contributed by atoms with van der Waals surface area (Å²) < 4.78 is 0. The smallest absolute Gasteiger partial charge is 0.0917 e. The van der Waals surface area contributed by atoms with E-state index in [0.717, 1.165) is 18.2 Å². The molecule has 0 aromatic carbocycles. The van der Waals surface area contributed by atoms with Crippen LogP contribution in [0.3, 0.4) is 0 Å². The Hall–Kier alpha value is -0.890. The van der Waals surface area contributed by atoms with Crippen LogP contribution in [0.1, 0.15) is 29.8 Å². The van der Waals surface area contributed by atoms with Crippen LogP contribution in [-0.2, 0) is 6.42 Å². The van der Waals surface area contributed by atoms with Gasteiger partial charge in [0.05, 0.1) is 12.6 Å². The number of aryl methyl sites for hydroxylation is 2. The predicted octanol–water partition coefficient (Wildman–Crippen LogP) is 0.967. The van der Waals surface area contributed by atoms with E-state index in [9.17, 15) is 0 Å². The van der Waals surface area contributed by atoms with E-state index in [1.807, 2.05) is 0 Å². The largest absolute Gasteiger partial charge is 0.343 e. The Morgan fingerprint density at radius 1 is 1.43 bits per heavy atom. The van der Waals surface area contributed by atoms with Gasteiger partial charge in [0.1, 0.15) is 0 Å². The van der Waals surface area contributed by atoms with E-state index in [4.69, 9.17) is 0 Å². The fraction of sp³-hybridized carbons (Fsp3) is 0.583. The quantitative estimate of drug-likeness (QED) is 0.741. The lowest BCUT2D eigenvalue weighted by atomic mass is 10.1. The molecule has 76 valence electrons. The Kier molecular flexibility index (Phi) is 2.82. The first-order chi connectivity index (χ1) is 6.74. The lowest BCUT2D eigenvalue weighted by Crippen LogP contribution is -2.87. The number of rotatable bonds is 2. The summed E-state index contributed by atoms with van der Waals surface area (Å²) in [6, 6.07) is 5.14. The number of pyridine rings is 1. The predicted molar refractivity (Wildman–Crippen MR) is 57.2 cm³/mol. The van der Waals surface area contributed by atoms with Crippen molar-refractivity contribution in [1.82, 2.24) is 4.98 Å². The minimum absolute atomic E-state index is 0.781. The molecule has 1 aliphatic rings. The summed E-state index contributed by atoms with van der Waals surface area (Å²) in [6.07, 6.45) is 3.87. The zero-order chi connectivity index (χ0) is 9.97. The third-order valence-corrected chi connectivity index (χ3v) is 2.90. The van der Waals surface area contributed by atoms with E-state index in [1.165, 1.54) is 30.6 Å². The van der Waals surface area contributed by atoms with Gasteiger partial charge in [-0.05, 0) is 31.5 Å². The van der Waals surface area contributed by atoms with Crippen LogP contribution in [0.25, 0.3) is 0 Å². The van der Waals surface area contributed by atoms with Crippen LogP contribution >= 0.6 is 0 Å². The average Bonchev–Trinajstić information content (AvgIpc) is 2.54. The molecular formula is C12H19N2+. The SMILES string of the molecule is Cc1cc(C)nc(C[C@@H]2CCC[NH2+]2)c1. The van der Waals surface area contributed by atoms with Crippen LogP contribution in [0.15, 0.2) is 12.1 Å². The summed E-state index contributed by atoms with van der Waals surface area (Å²) in [5.41, 5.74) is 3.76. The first-order valence-corrected chi connectivity index (χ1v) is 5.51. The Bertz CT molecular complexity index is 294. The standard InChI is InChI=1S/C12H18N2/c1-9-6-10(2)14-12(7-9)8-11-4-3-5-13-11/h6-7,11,13H,3-5,8H2,1-2H3/p+1/t11-/m0/s1. The molecule has 1 aromatic heterocycles. The van der Waals surface area contributed by atoms with E-state index in [1.54, 1.807) is 0 Å². The van der Waals surface area contributed by atoms with Crippen LogP contribution in [0, 0.1) is 13.8 Å². The van der Waals surface area contributed by atoms with Crippen LogP contribution in [0.2, 0.25) is 0 Å². The topological polar surface area (TPSA) is 29.5 Å². The lowest BCUT2D eigenvalue weighted by molar-refractivity contribution is -0.669. The molecule has 2 N–H and O–H groups in total. The van der Waals surface area contributed by atoms with Gasteiger partial charge in [-0.25, -0.2) is 0 Å². The minimum atomic E-state index is 0.781. The van der Waals surface area contributed by atoms with E-state index >= 15 is 0 Å². The molecule has 0 aliphatic carbocycles. The number of hydrogen-bond donors (Lipinski definition) is 1. The highest BCUT2D eigenvalue weighted by Gasteiger charge is 2.18. The Balaban J connectivity index is 2.07. The maximum absolute atomic E-state index is 4.58. The van der Waals surface area contributed by atoms with Gasteiger partial charge in [0.25, 0.3) is 0 Å². The Morgan fingerprint density at radius 2 is 2.29 bits per heavy atom. The summed E-state index contributed by atoms with van der Waals surface area (Å²) >= 11 is 0. The molecule has 2 heterocycles. The van der Waals surface area contributed by atoms with Crippen molar-refractivity contribution >= 4 is 0 Å². The minimum Gasteiger partial charge on any atom is -0.343 e. The molecule has 0 amide bonds. The summed E-state index contributed by atoms with van der Waals surface area (Å²) in [6.45, 7) is 5.53. The second kappa shape index (κ2) is 4.09. The van der Waals surface area contributed by atoms with Gasteiger partial charge >= 0.3 is 0 Å². The van der Waals surface area contributed by atoms with Crippen molar-refractivity contribution in [2.45, 2.75) is 39.2 Å². The maximum atomic E-state index is 4.58. The molecular weight excluding hydrogens is 172 g/mol. The number of hydrogen-bond acceptors (Lipinski definition) is 1. The van der Waals surface area contributed by atoms with Crippen molar-refractivity contribution in [1.29, 1.82) is 0 Å². The van der Waals surface area contributed by atoms with Crippen LogP contribution in [0.5, 0.6) is 0 Å². The number of nitrogens with zero attached hydrogens (tertiary/aromatic N) is 1.